The minimum atomic E-state index is 0.531. The van der Waals surface area contributed by atoms with E-state index in [-0.39, 0.29) is 0 Å². The van der Waals surface area contributed by atoms with Gasteiger partial charge < -0.3 is 10.1 Å². The van der Waals surface area contributed by atoms with Crippen molar-refractivity contribution in [2.45, 2.75) is 83.4 Å². The number of hydrogen-bond donors (Lipinski definition) is 1. The first kappa shape index (κ1) is 15.8. The van der Waals surface area contributed by atoms with Crippen LogP contribution < -0.4 is 5.32 Å². The fourth-order valence-electron chi connectivity index (χ4n) is 4.74. The molecule has 3 heteroatoms. The van der Waals surface area contributed by atoms with Gasteiger partial charge in [-0.15, -0.1) is 0 Å². The summed E-state index contributed by atoms with van der Waals surface area (Å²) in [6.07, 6.45) is 11.6. The maximum atomic E-state index is 6.05. The van der Waals surface area contributed by atoms with Gasteiger partial charge in [-0.1, -0.05) is 39.5 Å². The van der Waals surface area contributed by atoms with Crippen LogP contribution in [0.25, 0.3) is 0 Å². The van der Waals surface area contributed by atoms with Gasteiger partial charge in [-0.05, 0) is 31.1 Å². The molecular formula is C18H34N2O. The van der Waals surface area contributed by atoms with Gasteiger partial charge in [0.2, 0.25) is 0 Å². The van der Waals surface area contributed by atoms with Gasteiger partial charge >= 0.3 is 0 Å². The maximum absolute atomic E-state index is 6.05. The van der Waals surface area contributed by atoms with Crippen LogP contribution in [0.1, 0.15) is 65.2 Å². The van der Waals surface area contributed by atoms with Gasteiger partial charge in [0.25, 0.3) is 0 Å². The van der Waals surface area contributed by atoms with E-state index < -0.39 is 0 Å². The number of fused-ring (bicyclic) bond motifs is 1. The highest BCUT2D eigenvalue weighted by Gasteiger charge is 2.41. The average Bonchev–Trinajstić information content (AvgIpc) is 2.95. The Morgan fingerprint density at radius 1 is 1.14 bits per heavy atom. The van der Waals surface area contributed by atoms with Crippen LogP contribution in [-0.4, -0.2) is 49.3 Å². The van der Waals surface area contributed by atoms with Crippen LogP contribution in [0, 0.1) is 5.41 Å². The number of ether oxygens (including phenoxy) is 1. The van der Waals surface area contributed by atoms with Crippen LogP contribution >= 0.6 is 0 Å². The molecule has 3 nitrogen and oxygen atoms in total. The van der Waals surface area contributed by atoms with Crippen LogP contribution in [0.4, 0.5) is 0 Å². The molecule has 0 amide bonds. The second-order valence-electron chi connectivity index (χ2n) is 7.97. The topological polar surface area (TPSA) is 24.5 Å². The first-order chi connectivity index (χ1) is 10.2. The zero-order chi connectivity index (χ0) is 14.7. The van der Waals surface area contributed by atoms with Crippen molar-refractivity contribution in [3.63, 3.8) is 0 Å². The van der Waals surface area contributed by atoms with Gasteiger partial charge in [-0.25, -0.2) is 0 Å². The molecule has 0 aromatic rings. The van der Waals surface area contributed by atoms with Gasteiger partial charge in [0, 0.05) is 31.7 Å². The molecule has 21 heavy (non-hydrogen) atoms. The second kappa shape index (κ2) is 6.97. The molecule has 0 aromatic heterocycles. The second-order valence-corrected chi connectivity index (χ2v) is 7.97. The number of rotatable bonds is 5. The number of hydrogen-bond acceptors (Lipinski definition) is 3. The van der Waals surface area contributed by atoms with Crippen molar-refractivity contribution in [1.29, 1.82) is 0 Å². The smallest absolute Gasteiger partial charge is 0.0730 e. The largest absolute Gasteiger partial charge is 0.375 e. The van der Waals surface area contributed by atoms with E-state index in [9.17, 15) is 0 Å². The van der Waals surface area contributed by atoms with Gasteiger partial charge in [-0.3, -0.25) is 4.90 Å². The van der Waals surface area contributed by atoms with Crippen LogP contribution in [0.3, 0.4) is 0 Å². The normalized spacial score (nSPS) is 33.3. The van der Waals surface area contributed by atoms with Crippen LogP contribution in [0.15, 0.2) is 0 Å². The van der Waals surface area contributed by atoms with Crippen LogP contribution in [0.5, 0.6) is 0 Å². The molecule has 2 saturated carbocycles. The summed E-state index contributed by atoms with van der Waals surface area (Å²) < 4.78 is 6.05. The Morgan fingerprint density at radius 2 is 1.90 bits per heavy atom. The Hall–Kier alpha value is -0.120. The van der Waals surface area contributed by atoms with Crippen molar-refractivity contribution in [2.24, 2.45) is 5.41 Å². The van der Waals surface area contributed by atoms with E-state index in [1.54, 1.807) is 0 Å². The zero-order valence-corrected chi connectivity index (χ0v) is 14.1. The van der Waals surface area contributed by atoms with Gasteiger partial charge in [0.1, 0.15) is 0 Å². The summed E-state index contributed by atoms with van der Waals surface area (Å²) >= 11 is 0. The van der Waals surface area contributed by atoms with Gasteiger partial charge in [0.05, 0.1) is 12.7 Å². The predicted molar refractivity (Wildman–Crippen MR) is 87.6 cm³/mol. The number of nitrogens with one attached hydrogen (secondary N) is 1. The third-order valence-electron chi connectivity index (χ3n) is 5.94. The van der Waals surface area contributed by atoms with E-state index in [1.807, 2.05) is 0 Å². The first-order valence-electron chi connectivity index (χ1n) is 9.28. The highest BCUT2D eigenvalue weighted by Crippen LogP contribution is 2.40. The third-order valence-corrected chi connectivity index (χ3v) is 5.94. The molecule has 0 aromatic carbocycles. The quantitative estimate of drug-likeness (QED) is 0.843. The molecule has 1 saturated heterocycles. The standard InChI is InChI=1S/C18H34N2O/c1-15(2)19-13-18(9-5-6-10-18)14-20-11-12-21-17-8-4-3-7-16(17)20/h15-17,19H,3-14H2,1-2H3. The van der Waals surface area contributed by atoms with Crippen LogP contribution in [-0.2, 0) is 4.74 Å². The molecule has 1 N–H and O–H groups in total. The van der Waals surface area contributed by atoms with Crippen molar-refractivity contribution in [2.75, 3.05) is 26.2 Å². The molecule has 0 spiro atoms. The van der Waals surface area contributed by atoms with E-state index in [4.69, 9.17) is 4.74 Å². The molecule has 0 radical (unpaired) electrons. The average molecular weight is 294 g/mol. The Morgan fingerprint density at radius 3 is 2.67 bits per heavy atom. The fraction of sp³-hybridized carbons (Fsp3) is 1.00. The van der Waals surface area contributed by atoms with Gasteiger partial charge in [-0.2, -0.15) is 0 Å². The highest BCUT2D eigenvalue weighted by atomic mass is 16.5. The molecule has 2 aliphatic carbocycles. The monoisotopic (exact) mass is 294 g/mol. The van der Waals surface area contributed by atoms with E-state index in [1.165, 1.54) is 64.5 Å². The molecule has 122 valence electrons. The van der Waals surface area contributed by atoms with Crippen molar-refractivity contribution in [1.82, 2.24) is 10.2 Å². The first-order valence-corrected chi connectivity index (χ1v) is 9.28. The van der Waals surface area contributed by atoms with E-state index in [2.05, 4.69) is 24.1 Å². The molecule has 3 aliphatic rings. The minimum Gasteiger partial charge on any atom is -0.375 e. The lowest BCUT2D eigenvalue weighted by atomic mass is 9.82. The van der Waals surface area contributed by atoms with E-state index >= 15 is 0 Å². The molecule has 3 fully saturated rings. The minimum absolute atomic E-state index is 0.531. The van der Waals surface area contributed by atoms with Crippen molar-refractivity contribution in [3.8, 4) is 0 Å². The zero-order valence-electron chi connectivity index (χ0n) is 14.1. The lowest BCUT2D eigenvalue weighted by molar-refractivity contribution is -0.0985. The van der Waals surface area contributed by atoms with E-state index in [0.717, 1.165) is 13.2 Å². The molecule has 3 rings (SSSR count). The third kappa shape index (κ3) is 3.80. The summed E-state index contributed by atoms with van der Waals surface area (Å²) in [6.45, 7) is 9.17. The summed E-state index contributed by atoms with van der Waals surface area (Å²) in [6, 6.07) is 1.32. The lowest BCUT2D eigenvalue weighted by Crippen LogP contribution is -2.56. The number of morpholine rings is 1. The fourth-order valence-corrected chi connectivity index (χ4v) is 4.74. The van der Waals surface area contributed by atoms with Gasteiger partial charge in [0.15, 0.2) is 0 Å². The summed E-state index contributed by atoms with van der Waals surface area (Å²) in [4.78, 5) is 2.81. The Bertz CT molecular complexity index is 323. The summed E-state index contributed by atoms with van der Waals surface area (Å²) in [5, 5.41) is 3.73. The molecule has 2 atom stereocenters. The maximum Gasteiger partial charge on any atom is 0.0730 e. The highest BCUT2D eigenvalue weighted by molar-refractivity contribution is 4.95. The molecule has 2 unspecified atom stereocenters. The molecule has 0 bridgehead atoms. The molecule has 1 heterocycles. The predicted octanol–water partition coefficient (Wildman–Crippen LogP) is 3.19. The van der Waals surface area contributed by atoms with Crippen molar-refractivity contribution < 1.29 is 4.74 Å². The molecular weight excluding hydrogens is 260 g/mol. The summed E-state index contributed by atoms with van der Waals surface area (Å²) in [5.41, 5.74) is 0.531. The number of nitrogens with zero attached hydrogens (tertiary/aromatic N) is 1. The van der Waals surface area contributed by atoms with Crippen molar-refractivity contribution in [3.05, 3.63) is 0 Å². The molecule has 1 aliphatic heterocycles. The summed E-state index contributed by atoms with van der Waals surface area (Å²) in [5.74, 6) is 0. The van der Waals surface area contributed by atoms with E-state index in [0.29, 0.717) is 23.6 Å². The van der Waals surface area contributed by atoms with Crippen LogP contribution in [0.2, 0.25) is 0 Å². The summed E-state index contributed by atoms with van der Waals surface area (Å²) in [7, 11) is 0. The SMILES string of the molecule is CC(C)NCC1(CN2CCOC3CCCCC32)CCCC1. The Kier molecular flexibility index (Phi) is 5.23. The van der Waals surface area contributed by atoms with Crippen molar-refractivity contribution >= 4 is 0 Å². The Balaban J connectivity index is 1.64. The lowest BCUT2D eigenvalue weighted by Gasteiger charge is -2.47. The Labute approximate surface area is 130 Å².